The Morgan fingerprint density at radius 1 is 1.45 bits per heavy atom. The number of hydrogen-bond donors (Lipinski definition) is 0. The van der Waals surface area contributed by atoms with Crippen molar-refractivity contribution in [3.8, 4) is 5.75 Å². The van der Waals surface area contributed by atoms with Gasteiger partial charge in [-0.1, -0.05) is 11.6 Å². The number of aromatic nitrogens is 1. The highest BCUT2D eigenvalue weighted by molar-refractivity contribution is 9.10. The Hall–Kier alpha value is -1.04. The van der Waals surface area contributed by atoms with Gasteiger partial charge in [-0.25, -0.2) is 0 Å². The maximum atomic E-state index is 11.7. The second-order valence-corrected chi connectivity index (χ2v) is 6.11. The van der Waals surface area contributed by atoms with Crippen LogP contribution < -0.4 is 4.74 Å². The zero-order chi connectivity index (χ0) is 14.9. The van der Waals surface area contributed by atoms with E-state index in [2.05, 4.69) is 15.9 Å². The van der Waals surface area contributed by atoms with E-state index in [0.717, 1.165) is 21.9 Å². The topological polar surface area (TPSA) is 34.5 Å². The number of nitrogens with zero attached hydrogens (tertiary/aromatic N) is 2. The molecule has 0 aliphatic heterocycles. The van der Waals surface area contributed by atoms with Crippen LogP contribution in [0.1, 0.15) is 11.7 Å². The Kier molecular flexibility index (Phi) is 4.73. The molecule has 0 unspecified atom stereocenters. The van der Waals surface area contributed by atoms with Gasteiger partial charge in [-0.2, -0.15) is 0 Å². The third kappa shape index (κ3) is 3.16. The van der Waals surface area contributed by atoms with Crippen LogP contribution in [0, 0.1) is 0 Å². The lowest BCUT2D eigenvalue weighted by molar-refractivity contribution is 0.0940. The van der Waals surface area contributed by atoms with Gasteiger partial charge in [0.05, 0.1) is 11.7 Å². The lowest BCUT2D eigenvalue weighted by Gasteiger charge is -2.10. The number of hydrogen-bond acceptors (Lipinski definition) is 3. The Morgan fingerprint density at radius 3 is 2.75 bits per heavy atom. The molecule has 2 aromatic rings. The van der Waals surface area contributed by atoms with Crippen LogP contribution in [0.15, 0.2) is 22.8 Å². The Bertz CT molecular complexity index is 652. The van der Waals surface area contributed by atoms with Crippen molar-refractivity contribution >= 4 is 44.3 Å². The Labute approximate surface area is 131 Å². The van der Waals surface area contributed by atoms with Gasteiger partial charge in [0.1, 0.15) is 12.4 Å². The smallest absolute Gasteiger partial charge is 0.228 e. The van der Waals surface area contributed by atoms with Crippen LogP contribution in [0.2, 0.25) is 5.02 Å². The van der Waals surface area contributed by atoms with Crippen LogP contribution >= 0.6 is 27.5 Å². The molecule has 0 amide bonds. The van der Waals surface area contributed by atoms with Gasteiger partial charge in [-0.15, -0.1) is 0 Å². The van der Waals surface area contributed by atoms with Gasteiger partial charge in [0, 0.05) is 28.4 Å². The van der Waals surface area contributed by atoms with E-state index in [1.807, 2.05) is 25.1 Å². The molecule has 0 atom stereocenters. The molecular weight excluding hydrogens is 344 g/mol. The first kappa shape index (κ1) is 15.4. The van der Waals surface area contributed by atoms with Gasteiger partial charge in [-0.05, 0) is 42.2 Å². The lowest BCUT2D eigenvalue weighted by atomic mass is 10.2. The van der Waals surface area contributed by atoms with Crippen LogP contribution in [-0.2, 0) is 0 Å². The number of halogens is 2. The van der Waals surface area contributed by atoms with E-state index in [-0.39, 0.29) is 5.91 Å². The summed E-state index contributed by atoms with van der Waals surface area (Å²) in [7, 11) is 3.96. The summed E-state index contributed by atoms with van der Waals surface area (Å²) in [6, 6.07) is 3.58. The number of rotatable bonds is 4. The number of ether oxygens (including phenoxy) is 1. The third-order valence-corrected chi connectivity index (χ3v) is 3.74. The van der Waals surface area contributed by atoms with Crippen molar-refractivity contribution < 1.29 is 9.53 Å². The van der Waals surface area contributed by atoms with Crippen molar-refractivity contribution in [3.05, 3.63) is 27.8 Å². The summed E-state index contributed by atoms with van der Waals surface area (Å²) in [6.07, 6.45) is 1.71. The average molecular weight is 360 g/mol. The molecule has 6 heteroatoms. The predicted octanol–water partition coefficient (Wildman–Crippen LogP) is 3.66. The van der Waals surface area contributed by atoms with Gasteiger partial charge in [0.15, 0.2) is 0 Å². The highest BCUT2D eigenvalue weighted by Gasteiger charge is 2.16. The normalized spacial score (nSPS) is 11.3. The summed E-state index contributed by atoms with van der Waals surface area (Å²) in [6.45, 7) is 2.87. The van der Waals surface area contributed by atoms with E-state index in [9.17, 15) is 4.79 Å². The van der Waals surface area contributed by atoms with Gasteiger partial charge < -0.3 is 9.64 Å². The molecule has 20 heavy (non-hydrogen) atoms. The first-order chi connectivity index (χ1) is 9.40. The molecule has 1 aromatic heterocycles. The SMILES string of the molecule is CC(=O)n1cc(OCCN(C)C)c2cc(Cl)cc(Br)c21. The first-order valence-corrected chi connectivity index (χ1v) is 7.36. The monoisotopic (exact) mass is 358 g/mol. The van der Waals surface area contributed by atoms with Gasteiger partial charge >= 0.3 is 0 Å². The summed E-state index contributed by atoms with van der Waals surface area (Å²) in [4.78, 5) is 13.8. The molecule has 4 nitrogen and oxygen atoms in total. The first-order valence-electron chi connectivity index (χ1n) is 6.18. The molecule has 2 rings (SSSR count). The van der Waals surface area contributed by atoms with Crippen molar-refractivity contribution in [2.75, 3.05) is 27.2 Å². The quantitative estimate of drug-likeness (QED) is 0.835. The van der Waals surface area contributed by atoms with E-state index in [1.165, 1.54) is 6.92 Å². The predicted molar refractivity (Wildman–Crippen MR) is 85.0 cm³/mol. The Balaban J connectivity index is 2.46. The fourth-order valence-electron chi connectivity index (χ4n) is 1.95. The molecule has 108 valence electrons. The highest BCUT2D eigenvalue weighted by Crippen LogP contribution is 2.35. The van der Waals surface area contributed by atoms with E-state index in [0.29, 0.717) is 17.4 Å². The maximum Gasteiger partial charge on any atom is 0.228 e. The molecule has 0 saturated heterocycles. The highest BCUT2D eigenvalue weighted by atomic mass is 79.9. The van der Waals surface area contributed by atoms with Gasteiger partial charge in [-0.3, -0.25) is 9.36 Å². The largest absolute Gasteiger partial charge is 0.490 e. The molecule has 0 aliphatic rings. The number of benzene rings is 1. The number of carbonyl (C=O) groups is 1. The van der Waals surface area contributed by atoms with E-state index < -0.39 is 0 Å². The van der Waals surface area contributed by atoms with Crippen molar-refractivity contribution in [2.24, 2.45) is 0 Å². The standard InChI is InChI=1S/C14H16BrClN2O2/c1-9(19)18-8-13(20-5-4-17(2)3)11-6-10(16)7-12(15)14(11)18/h6-8H,4-5H2,1-3H3. The molecule has 0 saturated carbocycles. The van der Waals surface area contributed by atoms with Crippen LogP contribution in [0.5, 0.6) is 5.75 Å². The zero-order valence-corrected chi connectivity index (χ0v) is 14.0. The fraction of sp³-hybridized carbons (Fsp3) is 0.357. The van der Waals surface area contributed by atoms with Crippen LogP contribution in [-0.4, -0.2) is 42.6 Å². The fourth-order valence-corrected chi connectivity index (χ4v) is 2.95. The molecule has 0 fully saturated rings. The molecule has 0 spiro atoms. The van der Waals surface area contributed by atoms with E-state index >= 15 is 0 Å². The zero-order valence-electron chi connectivity index (χ0n) is 11.6. The lowest BCUT2D eigenvalue weighted by Crippen LogP contribution is -2.19. The van der Waals surface area contributed by atoms with Gasteiger partial charge in [0.25, 0.3) is 0 Å². The number of fused-ring (bicyclic) bond motifs is 1. The van der Waals surface area contributed by atoms with Crippen molar-refractivity contribution in [3.63, 3.8) is 0 Å². The van der Waals surface area contributed by atoms with Crippen molar-refractivity contribution in [1.82, 2.24) is 9.47 Å². The average Bonchev–Trinajstić information content (AvgIpc) is 2.68. The van der Waals surface area contributed by atoms with Crippen molar-refractivity contribution in [1.29, 1.82) is 0 Å². The molecule has 0 bridgehead atoms. The number of likely N-dealkylation sites (N-methyl/N-ethyl adjacent to an activating group) is 1. The molecule has 1 heterocycles. The van der Waals surface area contributed by atoms with Crippen LogP contribution in [0.4, 0.5) is 0 Å². The van der Waals surface area contributed by atoms with Crippen LogP contribution in [0.25, 0.3) is 10.9 Å². The minimum Gasteiger partial charge on any atom is -0.490 e. The summed E-state index contributed by atoms with van der Waals surface area (Å²) in [5, 5.41) is 1.43. The van der Waals surface area contributed by atoms with Crippen LogP contribution in [0.3, 0.4) is 0 Å². The summed E-state index contributed by atoms with van der Waals surface area (Å²) in [5.41, 5.74) is 0.779. The summed E-state index contributed by atoms with van der Waals surface area (Å²) >= 11 is 9.53. The molecular formula is C14H16BrClN2O2. The minimum atomic E-state index is -0.0690. The van der Waals surface area contributed by atoms with E-state index in [1.54, 1.807) is 16.8 Å². The molecule has 0 N–H and O–H groups in total. The molecule has 0 radical (unpaired) electrons. The maximum absolute atomic E-state index is 11.7. The summed E-state index contributed by atoms with van der Waals surface area (Å²) in [5.74, 6) is 0.598. The second-order valence-electron chi connectivity index (χ2n) is 4.82. The van der Waals surface area contributed by atoms with Crippen molar-refractivity contribution in [2.45, 2.75) is 6.92 Å². The summed E-state index contributed by atoms with van der Waals surface area (Å²) < 4.78 is 8.12. The second kappa shape index (κ2) is 6.16. The van der Waals surface area contributed by atoms with Gasteiger partial charge in [0.2, 0.25) is 5.91 Å². The minimum absolute atomic E-state index is 0.0690. The Morgan fingerprint density at radius 2 is 2.15 bits per heavy atom. The third-order valence-electron chi connectivity index (χ3n) is 2.92. The van der Waals surface area contributed by atoms with E-state index in [4.69, 9.17) is 16.3 Å². The molecule has 0 aliphatic carbocycles. The molecule has 1 aromatic carbocycles. The number of carbonyl (C=O) groups excluding carboxylic acids is 1.